The predicted octanol–water partition coefficient (Wildman–Crippen LogP) is 3.97. The molecule has 2 aromatic rings. The van der Waals surface area contributed by atoms with Crippen molar-refractivity contribution in [3.63, 3.8) is 0 Å². The number of aliphatic hydroxyl groups is 1. The van der Waals surface area contributed by atoms with Crippen molar-refractivity contribution in [3.05, 3.63) is 63.1 Å². The van der Waals surface area contributed by atoms with Gasteiger partial charge in [-0.25, -0.2) is 13.6 Å². The Kier molecular flexibility index (Phi) is 7.97. The van der Waals surface area contributed by atoms with E-state index in [-0.39, 0.29) is 28.4 Å². The summed E-state index contributed by atoms with van der Waals surface area (Å²) in [5, 5.41) is 26.9. The third-order valence-electron chi connectivity index (χ3n) is 7.29. The van der Waals surface area contributed by atoms with Crippen LogP contribution in [0.15, 0.2) is 30.3 Å². The lowest BCUT2D eigenvalue weighted by Gasteiger charge is -2.37. The van der Waals surface area contributed by atoms with Crippen molar-refractivity contribution < 1.29 is 33.4 Å². The fourth-order valence-corrected chi connectivity index (χ4v) is 6.06. The Morgan fingerprint density at radius 3 is 2.41 bits per heavy atom. The first kappa shape index (κ1) is 29.2. The first-order valence-corrected chi connectivity index (χ1v) is 13.1. The molecule has 1 fully saturated rings. The lowest BCUT2D eigenvalue weighted by atomic mass is 9.62. The molecule has 0 saturated carbocycles. The van der Waals surface area contributed by atoms with E-state index in [0.29, 0.717) is 23.2 Å². The number of hydrogen-bond acceptors (Lipinski definition) is 5. The molecule has 12 heteroatoms. The highest BCUT2D eigenvalue weighted by molar-refractivity contribution is 6.31. The van der Waals surface area contributed by atoms with Gasteiger partial charge in [-0.1, -0.05) is 50.0 Å². The molecule has 2 aliphatic rings. The normalized spacial score (nSPS) is 24.9. The second-order valence-electron chi connectivity index (χ2n) is 11.2. The van der Waals surface area contributed by atoms with Crippen LogP contribution in [-0.2, 0) is 19.8 Å². The topological polar surface area (TPSA) is 128 Å². The third-order valence-corrected chi connectivity index (χ3v) is 7.87. The lowest BCUT2D eigenvalue weighted by Crippen LogP contribution is -2.49. The highest BCUT2D eigenvalue weighted by Gasteiger charge is 2.65. The molecule has 2 amide bonds. The van der Waals surface area contributed by atoms with E-state index in [9.17, 15) is 28.3 Å². The van der Waals surface area contributed by atoms with E-state index < -0.39 is 58.9 Å². The summed E-state index contributed by atoms with van der Waals surface area (Å²) in [7, 11) is 0. The Labute approximate surface area is 234 Å². The van der Waals surface area contributed by atoms with Gasteiger partial charge in [0.1, 0.15) is 17.0 Å². The van der Waals surface area contributed by atoms with Gasteiger partial charge in [0.25, 0.3) is 0 Å². The molecule has 0 aliphatic carbocycles. The van der Waals surface area contributed by atoms with Crippen molar-refractivity contribution in [1.29, 1.82) is 0 Å². The number of aliphatic hydroxyl groups excluding tert-OH is 1. The molecule has 0 aromatic heterocycles. The Morgan fingerprint density at radius 2 is 1.79 bits per heavy atom. The van der Waals surface area contributed by atoms with Gasteiger partial charge in [-0.2, -0.15) is 0 Å². The SMILES string of the molecule is CC(C)(C)C[C@H]1N[C@@H](C(=O)NCC[C@H](O)C(=O)O)[C@H](c2ccc(F)c(Cl)c2)[C@@]12C(=O)Nc1cc(Cl)c(F)cc12. The lowest BCUT2D eigenvalue weighted by molar-refractivity contribution is -0.147. The summed E-state index contributed by atoms with van der Waals surface area (Å²) in [6.45, 7) is 5.72. The number of carboxylic acids is 1. The maximum absolute atomic E-state index is 14.9. The molecule has 1 saturated heterocycles. The largest absolute Gasteiger partial charge is 0.479 e. The Balaban J connectivity index is 1.88. The van der Waals surface area contributed by atoms with Crippen LogP contribution in [0.1, 0.15) is 50.7 Å². The molecule has 2 aromatic carbocycles. The number of hydrogen-bond donors (Lipinski definition) is 5. The fourth-order valence-electron chi connectivity index (χ4n) is 5.71. The smallest absolute Gasteiger partial charge is 0.332 e. The number of carbonyl (C=O) groups excluding carboxylic acids is 2. The van der Waals surface area contributed by atoms with Crippen LogP contribution in [-0.4, -0.2) is 52.7 Å². The molecule has 0 bridgehead atoms. The van der Waals surface area contributed by atoms with Gasteiger partial charge in [0.15, 0.2) is 6.10 Å². The van der Waals surface area contributed by atoms with Crippen molar-refractivity contribution in [2.45, 2.75) is 63.1 Å². The van der Waals surface area contributed by atoms with Crippen LogP contribution in [0.25, 0.3) is 0 Å². The van der Waals surface area contributed by atoms with E-state index in [1.807, 2.05) is 20.8 Å². The summed E-state index contributed by atoms with van der Waals surface area (Å²) >= 11 is 12.2. The number of anilines is 1. The predicted molar refractivity (Wildman–Crippen MR) is 142 cm³/mol. The average Bonchev–Trinajstić information content (AvgIpc) is 3.30. The zero-order valence-corrected chi connectivity index (χ0v) is 23.0. The second kappa shape index (κ2) is 10.6. The molecule has 4 rings (SSSR count). The zero-order chi connectivity index (χ0) is 28.9. The van der Waals surface area contributed by atoms with Crippen molar-refractivity contribution in [2.24, 2.45) is 5.41 Å². The number of aliphatic carboxylic acids is 1. The van der Waals surface area contributed by atoms with Crippen LogP contribution >= 0.6 is 23.2 Å². The monoisotopic (exact) mass is 583 g/mol. The van der Waals surface area contributed by atoms with Gasteiger partial charge < -0.3 is 26.2 Å². The van der Waals surface area contributed by atoms with Gasteiger partial charge in [0.05, 0.1) is 16.1 Å². The number of halogens is 4. The van der Waals surface area contributed by atoms with E-state index in [1.165, 1.54) is 24.3 Å². The van der Waals surface area contributed by atoms with Gasteiger partial charge >= 0.3 is 5.97 Å². The molecule has 5 atom stereocenters. The highest BCUT2D eigenvalue weighted by atomic mass is 35.5. The van der Waals surface area contributed by atoms with Crippen molar-refractivity contribution >= 4 is 46.7 Å². The third kappa shape index (κ3) is 5.35. The minimum atomic E-state index is -1.67. The number of rotatable bonds is 7. The molecular weight excluding hydrogens is 555 g/mol. The van der Waals surface area contributed by atoms with Crippen LogP contribution in [0.3, 0.4) is 0 Å². The summed E-state index contributed by atoms with van der Waals surface area (Å²) in [4.78, 5) is 38.6. The van der Waals surface area contributed by atoms with E-state index in [2.05, 4.69) is 16.0 Å². The van der Waals surface area contributed by atoms with Crippen molar-refractivity contribution in [1.82, 2.24) is 10.6 Å². The van der Waals surface area contributed by atoms with E-state index in [0.717, 1.165) is 6.07 Å². The summed E-state index contributed by atoms with van der Waals surface area (Å²) in [5.74, 6) is -4.90. The number of fused-ring (bicyclic) bond motifs is 2. The van der Waals surface area contributed by atoms with Gasteiger partial charge in [-0.05, 0) is 47.2 Å². The Hall–Kier alpha value is -2.79. The van der Waals surface area contributed by atoms with Crippen LogP contribution < -0.4 is 16.0 Å². The molecule has 1 spiro atoms. The summed E-state index contributed by atoms with van der Waals surface area (Å²) in [6.07, 6.45) is -1.53. The molecule has 5 N–H and O–H groups in total. The van der Waals surface area contributed by atoms with Gasteiger partial charge in [-0.3, -0.25) is 9.59 Å². The first-order chi connectivity index (χ1) is 18.2. The summed E-state index contributed by atoms with van der Waals surface area (Å²) in [6, 6.07) is 4.65. The van der Waals surface area contributed by atoms with Crippen LogP contribution in [0.5, 0.6) is 0 Å². The number of nitrogens with one attached hydrogen (secondary N) is 3. The summed E-state index contributed by atoms with van der Waals surface area (Å²) in [5.41, 5.74) is -0.887. The number of carboxylic acid groups (broad SMARTS) is 1. The van der Waals surface area contributed by atoms with E-state index >= 15 is 0 Å². The van der Waals surface area contributed by atoms with Crippen LogP contribution in [0, 0.1) is 17.0 Å². The molecule has 0 unspecified atom stereocenters. The zero-order valence-electron chi connectivity index (χ0n) is 21.4. The molecular formula is C27H29Cl2F2N3O5. The van der Waals surface area contributed by atoms with Crippen molar-refractivity contribution in [3.8, 4) is 0 Å². The molecule has 0 radical (unpaired) electrons. The highest BCUT2D eigenvalue weighted by Crippen LogP contribution is 2.57. The van der Waals surface area contributed by atoms with E-state index in [4.69, 9.17) is 28.3 Å². The second-order valence-corrected chi connectivity index (χ2v) is 12.0. The molecule has 39 heavy (non-hydrogen) atoms. The van der Waals surface area contributed by atoms with Crippen molar-refractivity contribution in [2.75, 3.05) is 11.9 Å². The van der Waals surface area contributed by atoms with Crippen LogP contribution in [0.4, 0.5) is 14.5 Å². The minimum absolute atomic E-state index is 0.161. The number of amides is 2. The molecule has 2 heterocycles. The minimum Gasteiger partial charge on any atom is -0.479 e. The van der Waals surface area contributed by atoms with Gasteiger partial charge in [0, 0.05) is 30.6 Å². The Morgan fingerprint density at radius 1 is 1.13 bits per heavy atom. The maximum Gasteiger partial charge on any atom is 0.332 e. The molecule has 210 valence electrons. The number of benzene rings is 2. The number of carbonyl (C=O) groups is 3. The van der Waals surface area contributed by atoms with Gasteiger partial charge in [-0.15, -0.1) is 0 Å². The molecule has 2 aliphatic heterocycles. The molecule has 8 nitrogen and oxygen atoms in total. The van der Waals surface area contributed by atoms with E-state index in [1.54, 1.807) is 0 Å². The van der Waals surface area contributed by atoms with Crippen LogP contribution in [0.2, 0.25) is 10.0 Å². The van der Waals surface area contributed by atoms with Gasteiger partial charge in [0.2, 0.25) is 11.8 Å². The standard InChI is InChI=1S/C27H29Cl2F2N3O5/c1-26(2,3)11-20-27(13-9-17(31)15(29)10-18(13)33-25(27)39)21(12-4-5-16(30)14(28)8-12)22(34-20)23(36)32-7-6-19(35)24(37)38/h4-5,8-10,19-22,34-35H,6-7,11H2,1-3H3,(H,32,36)(H,33,39)(H,37,38)/t19-,20+,21-,22+,27-/m0/s1. The quantitative estimate of drug-likeness (QED) is 0.335. The first-order valence-electron chi connectivity index (χ1n) is 12.4. The average molecular weight is 584 g/mol. The maximum atomic E-state index is 14.9. The fraction of sp³-hybridized carbons (Fsp3) is 0.444. The Bertz CT molecular complexity index is 1340. The summed E-state index contributed by atoms with van der Waals surface area (Å²) < 4.78 is 29.1.